The van der Waals surface area contributed by atoms with E-state index in [1.807, 2.05) is 30.3 Å². The Hall–Kier alpha value is -2.18. The number of hydrogen-bond acceptors (Lipinski definition) is 4. The van der Waals surface area contributed by atoms with E-state index in [0.717, 1.165) is 62.3 Å². The number of aliphatic hydroxyl groups is 1. The molecule has 25 heavy (non-hydrogen) atoms. The first-order chi connectivity index (χ1) is 12.2. The van der Waals surface area contributed by atoms with Gasteiger partial charge in [-0.1, -0.05) is 31.5 Å². The summed E-state index contributed by atoms with van der Waals surface area (Å²) in [5.41, 5.74) is 3.29. The van der Waals surface area contributed by atoms with Crippen molar-refractivity contribution in [1.82, 2.24) is 15.1 Å². The number of likely N-dealkylation sites (tertiary alicyclic amines) is 1. The molecule has 3 N–H and O–H groups in total. The van der Waals surface area contributed by atoms with Crippen molar-refractivity contribution in [3.8, 4) is 0 Å². The molecule has 0 radical (unpaired) electrons. The SMILES string of the molecule is CCCc1cc(C(=O)Nc2ccccc2CN2CCC(O)CC2)n[nH]1. The molecule has 1 fully saturated rings. The molecule has 6 nitrogen and oxygen atoms in total. The van der Waals surface area contributed by atoms with Gasteiger partial charge in [0.05, 0.1) is 6.10 Å². The number of nitrogens with one attached hydrogen (secondary N) is 2. The number of nitrogens with zero attached hydrogens (tertiary/aromatic N) is 2. The molecular formula is C19H26N4O2. The Bertz CT molecular complexity index is 705. The molecule has 0 atom stereocenters. The van der Waals surface area contributed by atoms with Crippen LogP contribution in [0, 0.1) is 0 Å². The van der Waals surface area contributed by atoms with Crippen LogP contribution >= 0.6 is 0 Å². The second kappa shape index (κ2) is 8.27. The maximum atomic E-state index is 12.5. The topological polar surface area (TPSA) is 81.2 Å². The predicted octanol–water partition coefficient (Wildman–Crippen LogP) is 2.57. The third-order valence-corrected chi connectivity index (χ3v) is 4.60. The first-order valence-electron chi connectivity index (χ1n) is 8.99. The van der Waals surface area contributed by atoms with E-state index >= 15 is 0 Å². The zero-order valence-electron chi connectivity index (χ0n) is 14.7. The summed E-state index contributed by atoms with van der Waals surface area (Å²) >= 11 is 0. The summed E-state index contributed by atoms with van der Waals surface area (Å²) in [4.78, 5) is 14.8. The molecular weight excluding hydrogens is 316 g/mol. The third-order valence-electron chi connectivity index (χ3n) is 4.60. The summed E-state index contributed by atoms with van der Waals surface area (Å²) in [5.74, 6) is -0.194. The Morgan fingerprint density at radius 2 is 2.12 bits per heavy atom. The zero-order valence-corrected chi connectivity index (χ0v) is 14.7. The number of aryl methyl sites for hydroxylation is 1. The van der Waals surface area contributed by atoms with Crippen LogP contribution in [-0.2, 0) is 13.0 Å². The van der Waals surface area contributed by atoms with Crippen molar-refractivity contribution in [1.29, 1.82) is 0 Å². The molecule has 1 aromatic heterocycles. The van der Waals surface area contributed by atoms with Crippen LogP contribution in [0.3, 0.4) is 0 Å². The number of piperidine rings is 1. The lowest BCUT2D eigenvalue weighted by Gasteiger charge is -2.30. The molecule has 1 saturated heterocycles. The molecule has 0 spiro atoms. The van der Waals surface area contributed by atoms with Gasteiger partial charge in [-0.25, -0.2) is 0 Å². The second-order valence-electron chi connectivity index (χ2n) is 6.65. The first kappa shape index (κ1) is 17.6. The first-order valence-corrected chi connectivity index (χ1v) is 8.99. The molecule has 0 saturated carbocycles. The van der Waals surface area contributed by atoms with E-state index in [0.29, 0.717) is 5.69 Å². The number of aromatic nitrogens is 2. The normalized spacial score (nSPS) is 16.1. The number of benzene rings is 1. The Balaban J connectivity index is 1.66. The maximum absolute atomic E-state index is 12.5. The van der Waals surface area contributed by atoms with Crippen LogP contribution in [0.25, 0.3) is 0 Å². The van der Waals surface area contributed by atoms with Crippen molar-refractivity contribution >= 4 is 11.6 Å². The number of hydrogen-bond donors (Lipinski definition) is 3. The molecule has 1 aromatic carbocycles. The van der Waals surface area contributed by atoms with E-state index in [1.54, 1.807) is 0 Å². The largest absolute Gasteiger partial charge is 0.393 e. The number of para-hydroxylation sites is 1. The van der Waals surface area contributed by atoms with Crippen LogP contribution in [0.2, 0.25) is 0 Å². The molecule has 3 rings (SSSR count). The summed E-state index contributed by atoms with van der Waals surface area (Å²) in [6, 6.07) is 9.68. The summed E-state index contributed by atoms with van der Waals surface area (Å²) in [6.07, 6.45) is 3.33. The molecule has 2 aromatic rings. The molecule has 1 aliphatic rings. The number of aliphatic hydroxyl groups excluding tert-OH is 1. The molecule has 2 heterocycles. The van der Waals surface area contributed by atoms with E-state index in [1.165, 1.54) is 0 Å². The molecule has 6 heteroatoms. The smallest absolute Gasteiger partial charge is 0.276 e. The Labute approximate surface area is 148 Å². The van der Waals surface area contributed by atoms with Gasteiger partial charge in [-0.05, 0) is 37.0 Å². The highest BCUT2D eigenvalue weighted by Crippen LogP contribution is 2.20. The van der Waals surface area contributed by atoms with Crippen LogP contribution in [0.4, 0.5) is 5.69 Å². The number of carbonyl (C=O) groups excluding carboxylic acids is 1. The van der Waals surface area contributed by atoms with Crippen LogP contribution < -0.4 is 5.32 Å². The van der Waals surface area contributed by atoms with Crippen LogP contribution in [0.1, 0.15) is 47.9 Å². The van der Waals surface area contributed by atoms with Gasteiger partial charge in [0.2, 0.25) is 0 Å². The Morgan fingerprint density at radius 1 is 1.36 bits per heavy atom. The highest BCUT2D eigenvalue weighted by Gasteiger charge is 2.19. The highest BCUT2D eigenvalue weighted by molar-refractivity contribution is 6.03. The minimum absolute atomic E-state index is 0.178. The summed E-state index contributed by atoms with van der Waals surface area (Å²) in [5, 5.41) is 19.6. The Kier molecular flexibility index (Phi) is 5.83. The molecule has 0 bridgehead atoms. The number of carbonyl (C=O) groups is 1. The van der Waals surface area contributed by atoms with Crippen molar-refractivity contribution < 1.29 is 9.90 Å². The van der Waals surface area contributed by atoms with Gasteiger partial charge < -0.3 is 10.4 Å². The minimum atomic E-state index is -0.194. The fourth-order valence-electron chi connectivity index (χ4n) is 3.16. The fraction of sp³-hybridized carbons (Fsp3) is 0.474. The van der Waals surface area contributed by atoms with Gasteiger partial charge in [0.1, 0.15) is 0 Å². The zero-order chi connectivity index (χ0) is 17.6. The van der Waals surface area contributed by atoms with Gasteiger partial charge in [-0.15, -0.1) is 0 Å². The van der Waals surface area contributed by atoms with Crippen LogP contribution in [0.15, 0.2) is 30.3 Å². The lowest BCUT2D eigenvalue weighted by molar-refractivity contribution is 0.0793. The number of rotatable bonds is 6. The van der Waals surface area contributed by atoms with Crippen molar-refractivity contribution in [2.75, 3.05) is 18.4 Å². The number of H-pyrrole nitrogens is 1. The van der Waals surface area contributed by atoms with Crippen LogP contribution in [-0.4, -0.2) is 45.3 Å². The molecule has 1 aliphatic heterocycles. The van der Waals surface area contributed by atoms with Crippen molar-refractivity contribution in [2.24, 2.45) is 0 Å². The highest BCUT2D eigenvalue weighted by atomic mass is 16.3. The second-order valence-corrected chi connectivity index (χ2v) is 6.65. The summed E-state index contributed by atoms with van der Waals surface area (Å²) < 4.78 is 0. The third kappa shape index (κ3) is 4.67. The standard InChI is InChI=1S/C19H26N4O2/c1-2-5-15-12-18(22-21-15)19(25)20-17-7-4-3-6-14(17)13-23-10-8-16(24)9-11-23/h3-4,6-7,12,16,24H,2,5,8-11,13H2,1H3,(H,20,25)(H,21,22). The van der Waals surface area contributed by atoms with E-state index in [4.69, 9.17) is 0 Å². The quantitative estimate of drug-likeness (QED) is 0.754. The van der Waals surface area contributed by atoms with Crippen molar-refractivity contribution in [3.05, 3.63) is 47.3 Å². The molecule has 1 amide bonds. The van der Waals surface area contributed by atoms with E-state index < -0.39 is 0 Å². The van der Waals surface area contributed by atoms with Gasteiger partial charge in [-0.2, -0.15) is 5.10 Å². The number of anilines is 1. The predicted molar refractivity (Wildman–Crippen MR) is 97.5 cm³/mol. The fourth-order valence-corrected chi connectivity index (χ4v) is 3.16. The minimum Gasteiger partial charge on any atom is -0.393 e. The molecule has 0 aliphatic carbocycles. The van der Waals surface area contributed by atoms with Gasteiger partial charge >= 0.3 is 0 Å². The van der Waals surface area contributed by atoms with Gasteiger partial charge in [-0.3, -0.25) is 14.8 Å². The van der Waals surface area contributed by atoms with E-state index in [-0.39, 0.29) is 12.0 Å². The van der Waals surface area contributed by atoms with Crippen molar-refractivity contribution in [2.45, 2.75) is 45.3 Å². The lowest BCUT2D eigenvalue weighted by Crippen LogP contribution is -2.35. The average molecular weight is 342 g/mol. The van der Waals surface area contributed by atoms with Gasteiger partial charge in [0, 0.05) is 31.0 Å². The Morgan fingerprint density at radius 3 is 2.88 bits per heavy atom. The molecule has 0 unspecified atom stereocenters. The maximum Gasteiger partial charge on any atom is 0.276 e. The molecule has 134 valence electrons. The van der Waals surface area contributed by atoms with Gasteiger partial charge in [0.15, 0.2) is 5.69 Å². The summed E-state index contributed by atoms with van der Waals surface area (Å²) in [6.45, 7) is 4.62. The monoisotopic (exact) mass is 342 g/mol. The number of amides is 1. The van der Waals surface area contributed by atoms with Crippen LogP contribution in [0.5, 0.6) is 0 Å². The average Bonchev–Trinajstić information content (AvgIpc) is 3.08. The van der Waals surface area contributed by atoms with Gasteiger partial charge in [0.25, 0.3) is 5.91 Å². The van der Waals surface area contributed by atoms with E-state index in [2.05, 4.69) is 27.3 Å². The summed E-state index contributed by atoms with van der Waals surface area (Å²) in [7, 11) is 0. The van der Waals surface area contributed by atoms with E-state index in [9.17, 15) is 9.90 Å². The number of aromatic amines is 1. The van der Waals surface area contributed by atoms with Crippen molar-refractivity contribution in [3.63, 3.8) is 0 Å². The lowest BCUT2D eigenvalue weighted by atomic mass is 10.1.